The highest BCUT2D eigenvalue weighted by Gasteiger charge is 2.43. The predicted molar refractivity (Wildman–Crippen MR) is 108 cm³/mol. The number of amides is 2. The molecule has 0 aromatic heterocycles. The molecule has 0 saturated heterocycles. The van der Waals surface area contributed by atoms with Gasteiger partial charge in [0, 0.05) is 0 Å². The predicted octanol–water partition coefficient (Wildman–Crippen LogP) is 4.57. The standard InChI is InChI=1S/C19H15Cl3N2O4/c1-19(2)18(27)23-12-5-3-4-6-13(12)24(19)14(25)9-28-17(26)15-10(20)7-8-11(21)16(15)22/h3-8H,9H2,1-2H3,(H,23,27). The van der Waals surface area contributed by atoms with Gasteiger partial charge in [0.05, 0.1) is 32.0 Å². The lowest BCUT2D eigenvalue weighted by Crippen LogP contribution is -2.59. The van der Waals surface area contributed by atoms with Gasteiger partial charge in [0.15, 0.2) is 6.61 Å². The van der Waals surface area contributed by atoms with Crippen molar-refractivity contribution in [2.24, 2.45) is 0 Å². The average Bonchev–Trinajstić information content (AvgIpc) is 2.64. The number of nitrogens with zero attached hydrogens (tertiary/aromatic N) is 1. The van der Waals surface area contributed by atoms with E-state index in [1.165, 1.54) is 17.0 Å². The summed E-state index contributed by atoms with van der Waals surface area (Å²) in [5, 5.41) is 2.88. The molecule has 0 saturated carbocycles. The summed E-state index contributed by atoms with van der Waals surface area (Å²) in [4.78, 5) is 39.0. The highest BCUT2D eigenvalue weighted by Crippen LogP contribution is 2.37. The second kappa shape index (κ2) is 7.62. The fourth-order valence-corrected chi connectivity index (χ4v) is 3.56. The van der Waals surface area contributed by atoms with Crippen molar-refractivity contribution in [1.82, 2.24) is 0 Å². The van der Waals surface area contributed by atoms with E-state index in [1.54, 1.807) is 38.1 Å². The molecule has 2 amide bonds. The summed E-state index contributed by atoms with van der Waals surface area (Å²) in [5.74, 6) is -1.82. The van der Waals surface area contributed by atoms with Crippen LogP contribution in [0.4, 0.5) is 11.4 Å². The molecule has 1 aliphatic rings. The van der Waals surface area contributed by atoms with Crippen molar-refractivity contribution < 1.29 is 19.1 Å². The first kappa shape index (κ1) is 20.5. The van der Waals surface area contributed by atoms with Gasteiger partial charge in [-0.25, -0.2) is 4.79 Å². The summed E-state index contributed by atoms with van der Waals surface area (Å²) < 4.78 is 5.11. The lowest BCUT2D eigenvalue weighted by Gasteiger charge is -2.41. The molecule has 0 radical (unpaired) electrons. The van der Waals surface area contributed by atoms with Crippen molar-refractivity contribution in [2.75, 3.05) is 16.8 Å². The molecular formula is C19H15Cl3N2O4. The van der Waals surface area contributed by atoms with E-state index < -0.39 is 24.0 Å². The van der Waals surface area contributed by atoms with Crippen molar-refractivity contribution in [3.63, 3.8) is 0 Å². The van der Waals surface area contributed by atoms with E-state index in [9.17, 15) is 14.4 Å². The van der Waals surface area contributed by atoms with E-state index in [0.717, 1.165) is 0 Å². The number of anilines is 2. The summed E-state index contributed by atoms with van der Waals surface area (Å²) in [7, 11) is 0. The van der Waals surface area contributed by atoms with Crippen LogP contribution < -0.4 is 10.2 Å². The van der Waals surface area contributed by atoms with Gasteiger partial charge in [-0.15, -0.1) is 0 Å². The molecule has 0 bridgehead atoms. The maximum atomic E-state index is 12.9. The summed E-state index contributed by atoms with van der Waals surface area (Å²) in [6.45, 7) is 2.59. The van der Waals surface area contributed by atoms with E-state index in [-0.39, 0.29) is 26.5 Å². The van der Waals surface area contributed by atoms with Gasteiger partial charge in [-0.05, 0) is 38.1 Å². The van der Waals surface area contributed by atoms with E-state index in [2.05, 4.69) is 5.32 Å². The Kier molecular flexibility index (Phi) is 5.57. The van der Waals surface area contributed by atoms with Crippen LogP contribution >= 0.6 is 34.8 Å². The number of esters is 1. The zero-order chi connectivity index (χ0) is 20.6. The monoisotopic (exact) mass is 440 g/mol. The van der Waals surface area contributed by atoms with Gasteiger partial charge >= 0.3 is 5.97 Å². The molecule has 0 aliphatic carbocycles. The smallest absolute Gasteiger partial charge is 0.341 e. The van der Waals surface area contributed by atoms with Crippen molar-refractivity contribution in [2.45, 2.75) is 19.4 Å². The number of rotatable bonds is 3. The number of ether oxygens (including phenoxy) is 1. The number of benzene rings is 2. The Morgan fingerprint density at radius 1 is 1.07 bits per heavy atom. The van der Waals surface area contributed by atoms with Gasteiger partial charge in [-0.1, -0.05) is 46.9 Å². The number of carbonyl (C=O) groups excluding carboxylic acids is 3. The fourth-order valence-electron chi connectivity index (χ4n) is 2.88. The van der Waals surface area contributed by atoms with Crippen molar-refractivity contribution in [1.29, 1.82) is 0 Å². The molecule has 2 aromatic carbocycles. The molecule has 9 heteroatoms. The van der Waals surface area contributed by atoms with E-state index >= 15 is 0 Å². The van der Waals surface area contributed by atoms with Crippen LogP contribution in [0.5, 0.6) is 0 Å². The molecule has 3 rings (SSSR count). The molecule has 0 fully saturated rings. The Balaban J connectivity index is 1.84. The Morgan fingerprint density at radius 2 is 1.71 bits per heavy atom. The van der Waals surface area contributed by atoms with Gasteiger partial charge in [0.25, 0.3) is 5.91 Å². The lowest BCUT2D eigenvalue weighted by atomic mass is 9.96. The number of fused-ring (bicyclic) bond motifs is 1. The van der Waals surface area contributed by atoms with Crippen molar-refractivity contribution >= 4 is 64.0 Å². The minimum absolute atomic E-state index is 0.0508. The Hall–Kier alpha value is -2.28. The second-order valence-electron chi connectivity index (χ2n) is 6.55. The van der Waals surface area contributed by atoms with Crippen LogP contribution in [0, 0.1) is 0 Å². The molecule has 6 nitrogen and oxygen atoms in total. The summed E-state index contributed by atoms with van der Waals surface area (Å²) >= 11 is 17.9. The molecule has 0 unspecified atom stereocenters. The quantitative estimate of drug-likeness (QED) is 0.559. The maximum absolute atomic E-state index is 12.9. The Morgan fingerprint density at radius 3 is 2.43 bits per heavy atom. The normalized spacial score (nSPS) is 14.9. The minimum atomic E-state index is -1.18. The van der Waals surface area contributed by atoms with Gasteiger partial charge in [-0.2, -0.15) is 0 Å². The number of nitrogens with one attached hydrogen (secondary N) is 1. The summed E-state index contributed by atoms with van der Waals surface area (Å²) in [6.07, 6.45) is 0. The molecular weight excluding hydrogens is 427 g/mol. The van der Waals surface area contributed by atoms with Crippen LogP contribution in [-0.4, -0.2) is 29.9 Å². The first-order chi connectivity index (χ1) is 13.1. The zero-order valence-corrected chi connectivity index (χ0v) is 17.2. The van der Waals surface area contributed by atoms with Crippen LogP contribution in [-0.2, 0) is 14.3 Å². The summed E-state index contributed by atoms with van der Waals surface area (Å²) in [5.41, 5.74) is -0.303. The van der Waals surface area contributed by atoms with Crippen LogP contribution in [0.25, 0.3) is 0 Å². The van der Waals surface area contributed by atoms with Gasteiger partial charge in [0.1, 0.15) is 5.54 Å². The molecule has 1 heterocycles. The van der Waals surface area contributed by atoms with Crippen LogP contribution in [0.15, 0.2) is 36.4 Å². The SMILES string of the molecule is CC1(C)C(=O)Nc2ccccc2N1C(=O)COC(=O)c1c(Cl)ccc(Cl)c1Cl. The van der Waals surface area contributed by atoms with Crippen molar-refractivity contribution in [3.05, 3.63) is 57.0 Å². The van der Waals surface area contributed by atoms with E-state index in [4.69, 9.17) is 39.5 Å². The number of para-hydroxylation sites is 2. The van der Waals surface area contributed by atoms with Gasteiger partial charge < -0.3 is 10.1 Å². The number of carbonyl (C=O) groups is 3. The van der Waals surface area contributed by atoms with Gasteiger partial charge in [-0.3, -0.25) is 14.5 Å². The van der Waals surface area contributed by atoms with E-state index in [0.29, 0.717) is 11.4 Å². The Labute approximate surface area is 176 Å². The molecule has 28 heavy (non-hydrogen) atoms. The molecule has 2 aromatic rings. The average molecular weight is 442 g/mol. The first-order valence-corrected chi connectivity index (χ1v) is 9.32. The maximum Gasteiger partial charge on any atom is 0.341 e. The summed E-state index contributed by atoms with van der Waals surface area (Å²) in [6, 6.07) is 9.71. The highest BCUT2D eigenvalue weighted by atomic mass is 35.5. The highest BCUT2D eigenvalue weighted by molar-refractivity contribution is 6.46. The molecule has 1 aliphatic heterocycles. The van der Waals surface area contributed by atoms with Crippen LogP contribution in [0.3, 0.4) is 0 Å². The third-order valence-electron chi connectivity index (χ3n) is 4.33. The van der Waals surface area contributed by atoms with E-state index in [1.807, 2.05) is 0 Å². The first-order valence-electron chi connectivity index (χ1n) is 8.18. The molecule has 0 atom stereocenters. The topological polar surface area (TPSA) is 75.7 Å². The second-order valence-corrected chi connectivity index (χ2v) is 7.75. The van der Waals surface area contributed by atoms with Crippen LogP contribution in [0.1, 0.15) is 24.2 Å². The molecule has 146 valence electrons. The largest absolute Gasteiger partial charge is 0.452 e. The molecule has 1 N–H and O–H groups in total. The van der Waals surface area contributed by atoms with Crippen LogP contribution in [0.2, 0.25) is 15.1 Å². The number of halogens is 3. The number of hydrogen-bond acceptors (Lipinski definition) is 4. The van der Waals surface area contributed by atoms with Crippen molar-refractivity contribution in [3.8, 4) is 0 Å². The zero-order valence-electron chi connectivity index (χ0n) is 14.9. The fraction of sp³-hybridized carbons (Fsp3) is 0.211. The molecule has 0 spiro atoms. The number of hydrogen-bond donors (Lipinski definition) is 1. The minimum Gasteiger partial charge on any atom is -0.452 e. The third kappa shape index (κ3) is 3.55. The van der Waals surface area contributed by atoms with Gasteiger partial charge in [0.2, 0.25) is 5.91 Å². The Bertz CT molecular complexity index is 991. The lowest BCUT2D eigenvalue weighted by molar-refractivity contribution is -0.128. The third-order valence-corrected chi connectivity index (χ3v) is 5.45.